The first-order valence-electron chi connectivity index (χ1n) is 3.18. The Morgan fingerprint density at radius 2 is 2.56 bits per heavy atom. The van der Waals surface area contributed by atoms with Gasteiger partial charge in [0.25, 0.3) is 0 Å². The number of rotatable bonds is 0. The molecule has 2 aliphatic heterocycles. The van der Waals surface area contributed by atoms with Gasteiger partial charge in [0.15, 0.2) is 0 Å². The number of fused-ring (bicyclic) bond motifs is 1. The van der Waals surface area contributed by atoms with Crippen molar-refractivity contribution in [3.63, 3.8) is 0 Å². The molecule has 0 radical (unpaired) electrons. The molecule has 3 heteroatoms. The minimum atomic E-state index is 0.180. The van der Waals surface area contributed by atoms with E-state index in [1.165, 1.54) is 0 Å². The summed E-state index contributed by atoms with van der Waals surface area (Å²) in [6.07, 6.45) is 0.383. The van der Waals surface area contributed by atoms with Crippen molar-refractivity contribution < 1.29 is 9.53 Å². The normalized spacial score (nSPS) is 38.6. The van der Waals surface area contributed by atoms with Gasteiger partial charge >= 0.3 is 0 Å². The Kier molecular flexibility index (Phi) is 0.858. The Hall–Kier alpha value is -0.570. The van der Waals surface area contributed by atoms with E-state index in [-0.39, 0.29) is 5.91 Å². The molecule has 2 saturated heterocycles. The quantitative estimate of drug-likeness (QED) is 0.443. The smallest absolute Gasteiger partial charge is 0.219 e. The lowest BCUT2D eigenvalue weighted by Gasteiger charge is -2.54. The predicted octanol–water partition coefficient (Wildman–Crippen LogP) is -0.384. The van der Waals surface area contributed by atoms with Crippen LogP contribution in [0.1, 0.15) is 6.92 Å². The minimum Gasteiger partial charge on any atom is -0.372 e. The van der Waals surface area contributed by atoms with Gasteiger partial charge in [0.2, 0.25) is 5.91 Å². The second kappa shape index (κ2) is 1.48. The highest BCUT2D eigenvalue weighted by atomic mass is 16.5. The van der Waals surface area contributed by atoms with Crippen molar-refractivity contribution in [3.8, 4) is 0 Å². The predicted molar refractivity (Wildman–Crippen MR) is 30.9 cm³/mol. The van der Waals surface area contributed by atoms with Crippen LogP contribution in [0.5, 0.6) is 0 Å². The molecule has 2 atom stereocenters. The van der Waals surface area contributed by atoms with E-state index in [2.05, 4.69) is 0 Å². The number of hydrogen-bond donors (Lipinski definition) is 0. The third kappa shape index (κ3) is 0.525. The van der Waals surface area contributed by atoms with Gasteiger partial charge in [-0.05, 0) is 0 Å². The van der Waals surface area contributed by atoms with E-state index in [9.17, 15) is 4.79 Å². The maximum Gasteiger partial charge on any atom is 0.219 e. The van der Waals surface area contributed by atoms with Crippen LogP contribution in [0.4, 0.5) is 0 Å². The highest BCUT2D eigenvalue weighted by Gasteiger charge is 2.48. The molecule has 0 aromatic rings. The lowest BCUT2D eigenvalue weighted by atomic mass is 9.95. The maximum atomic E-state index is 10.7. The van der Waals surface area contributed by atoms with Crippen molar-refractivity contribution in [1.82, 2.24) is 4.90 Å². The Bertz CT molecular complexity index is 157. The molecule has 0 N–H and O–H groups in total. The molecule has 0 saturated carbocycles. The minimum absolute atomic E-state index is 0.180. The molecule has 2 rings (SSSR count). The van der Waals surface area contributed by atoms with Gasteiger partial charge in [-0.2, -0.15) is 0 Å². The van der Waals surface area contributed by atoms with Crippen molar-refractivity contribution in [3.05, 3.63) is 0 Å². The first-order chi connectivity index (χ1) is 4.29. The SMILES string of the molecule is CC(=O)N1CC2OCC21. The van der Waals surface area contributed by atoms with Gasteiger partial charge in [-0.1, -0.05) is 0 Å². The van der Waals surface area contributed by atoms with E-state index < -0.39 is 0 Å². The highest BCUT2D eigenvalue weighted by molar-refractivity contribution is 5.75. The van der Waals surface area contributed by atoms with Gasteiger partial charge in [-0.25, -0.2) is 0 Å². The summed E-state index contributed by atoms with van der Waals surface area (Å²) >= 11 is 0. The fraction of sp³-hybridized carbons (Fsp3) is 0.833. The number of ether oxygens (including phenoxy) is 1. The number of nitrogens with zero attached hydrogens (tertiary/aromatic N) is 1. The number of hydrogen-bond acceptors (Lipinski definition) is 2. The standard InChI is InChI=1S/C6H9NO2/c1-4(8)7-2-6-5(7)3-9-6/h5-6H,2-3H2,1H3. The molecule has 9 heavy (non-hydrogen) atoms. The van der Waals surface area contributed by atoms with Crippen LogP contribution in [0.25, 0.3) is 0 Å². The van der Waals surface area contributed by atoms with Crippen LogP contribution in [-0.4, -0.2) is 36.1 Å². The Labute approximate surface area is 53.6 Å². The molecular formula is C6H9NO2. The van der Waals surface area contributed by atoms with Crippen LogP contribution < -0.4 is 0 Å². The summed E-state index contributed by atoms with van der Waals surface area (Å²) in [6.45, 7) is 3.18. The van der Waals surface area contributed by atoms with Crippen LogP contribution in [0.15, 0.2) is 0 Å². The summed E-state index contributed by atoms with van der Waals surface area (Å²) in [4.78, 5) is 12.5. The number of morpholine rings is 1. The van der Waals surface area contributed by atoms with Gasteiger partial charge < -0.3 is 9.64 Å². The zero-order valence-electron chi connectivity index (χ0n) is 5.33. The average molecular weight is 127 g/mol. The van der Waals surface area contributed by atoms with E-state index >= 15 is 0 Å². The van der Waals surface area contributed by atoms with E-state index in [0.29, 0.717) is 12.1 Å². The van der Waals surface area contributed by atoms with E-state index in [1.807, 2.05) is 4.90 Å². The van der Waals surface area contributed by atoms with Crippen LogP contribution >= 0.6 is 0 Å². The molecule has 2 unspecified atom stereocenters. The summed E-state index contributed by atoms with van der Waals surface area (Å²) in [7, 11) is 0. The van der Waals surface area contributed by atoms with Crippen molar-refractivity contribution in [2.45, 2.75) is 19.1 Å². The van der Waals surface area contributed by atoms with Crippen molar-refractivity contribution in [1.29, 1.82) is 0 Å². The van der Waals surface area contributed by atoms with Crippen molar-refractivity contribution >= 4 is 5.91 Å². The Morgan fingerprint density at radius 3 is 2.67 bits per heavy atom. The fourth-order valence-corrected chi connectivity index (χ4v) is 1.34. The molecule has 0 aliphatic carbocycles. The van der Waals surface area contributed by atoms with E-state index in [4.69, 9.17) is 4.74 Å². The maximum absolute atomic E-state index is 10.7. The molecule has 1 amide bonds. The van der Waals surface area contributed by atoms with Gasteiger partial charge in [0, 0.05) is 13.5 Å². The Balaban J connectivity index is 1.97. The van der Waals surface area contributed by atoms with Crippen molar-refractivity contribution in [2.24, 2.45) is 0 Å². The molecule has 0 spiro atoms. The van der Waals surface area contributed by atoms with Gasteiger partial charge in [0.1, 0.15) is 0 Å². The van der Waals surface area contributed by atoms with Gasteiger partial charge in [0.05, 0.1) is 18.8 Å². The molecule has 3 nitrogen and oxygen atoms in total. The summed E-state index contributed by atoms with van der Waals surface area (Å²) < 4.78 is 5.12. The van der Waals surface area contributed by atoms with Gasteiger partial charge in [-0.3, -0.25) is 4.79 Å². The van der Waals surface area contributed by atoms with Gasteiger partial charge in [-0.15, -0.1) is 0 Å². The largest absolute Gasteiger partial charge is 0.372 e. The molecule has 2 heterocycles. The number of carbonyl (C=O) groups excluding carboxylic acids is 1. The lowest BCUT2D eigenvalue weighted by Crippen LogP contribution is -2.71. The van der Waals surface area contributed by atoms with Crippen LogP contribution in [0.2, 0.25) is 0 Å². The van der Waals surface area contributed by atoms with Crippen molar-refractivity contribution in [2.75, 3.05) is 13.2 Å². The molecule has 0 bridgehead atoms. The topological polar surface area (TPSA) is 29.5 Å². The summed E-state index contributed by atoms with van der Waals surface area (Å²) in [5, 5.41) is 0. The molecule has 0 aromatic heterocycles. The highest BCUT2D eigenvalue weighted by Crippen LogP contribution is 2.29. The second-order valence-electron chi connectivity index (χ2n) is 2.61. The van der Waals surface area contributed by atoms with Crippen LogP contribution in [0.3, 0.4) is 0 Å². The zero-order valence-corrected chi connectivity index (χ0v) is 5.33. The second-order valence-corrected chi connectivity index (χ2v) is 2.61. The lowest BCUT2D eigenvalue weighted by molar-refractivity contribution is -0.214. The Morgan fingerprint density at radius 1 is 1.78 bits per heavy atom. The molecule has 50 valence electrons. The number of likely N-dealkylation sites (tertiary alicyclic amines) is 1. The summed E-state index contributed by atoms with van der Waals surface area (Å²) in [5.74, 6) is 0.180. The summed E-state index contributed by atoms with van der Waals surface area (Å²) in [5.41, 5.74) is 0. The number of amides is 1. The third-order valence-corrected chi connectivity index (χ3v) is 2.09. The first-order valence-corrected chi connectivity index (χ1v) is 3.18. The van der Waals surface area contributed by atoms with E-state index in [1.54, 1.807) is 6.92 Å². The van der Waals surface area contributed by atoms with Crippen LogP contribution in [0, 0.1) is 0 Å². The zero-order chi connectivity index (χ0) is 6.43. The number of carbonyl (C=O) groups is 1. The first kappa shape index (κ1) is 5.23. The van der Waals surface area contributed by atoms with E-state index in [0.717, 1.165) is 13.2 Å². The molecular weight excluding hydrogens is 118 g/mol. The summed E-state index contributed by atoms with van der Waals surface area (Å²) in [6, 6.07) is 0.433. The molecule has 2 aliphatic rings. The fourth-order valence-electron chi connectivity index (χ4n) is 1.34. The monoisotopic (exact) mass is 127 g/mol. The van der Waals surface area contributed by atoms with Crippen LogP contribution in [-0.2, 0) is 9.53 Å². The molecule has 2 fully saturated rings. The average Bonchev–Trinajstić information content (AvgIpc) is 1.76. The molecule has 0 aromatic carbocycles. The third-order valence-electron chi connectivity index (χ3n) is 2.09.